The van der Waals surface area contributed by atoms with E-state index in [0.29, 0.717) is 24.0 Å². The molecule has 0 unspecified atom stereocenters. The average molecular weight is 404 g/mol. The van der Waals surface area contributed by atoms with Gasteiger partial charge in [0, 0.05) is 30.4 Å². The molecule has 1 aromatic heterocycles. The summed E-state index contributed by atoms with van der Waals surface area (Å²) in [6.07, 6.45) is 6.70. The number of carbonyl (C=O) groups is 1. The molecule has 1 saturated carbocycles. The molecule has 0 radical (unpaired) electrons. The second kappa shape index (κ2) is 9.86. The molecule has 29 heavy (non-hydrogen) atoms. The van der Waals surface area contributed by atoms with Crippen molar-refractivity contribution in [3.05, 3.63) is 53.7 Å². The number of nitrogens with zero attached hydrogens (tertiary/aromatic N) is 1. The van der Waals surface area contributed by atoms with Gasteiger partial charge in [-0.2, -0.15) is 8.78 Å². The molecule has 1 aromatic carbocycles. The van der Waals surface area contributed by atoms with Gasteiger partial charge in [-0.3, -0.25) is 4.79 Å². The summed E-state index contributed by atoms with van der Waals surface area (Å²) in [4.78, 5) is 16.3. The fourth-order valence-electron chi connectivity index (χ4n) is 2.54. The number of halogens is 2. The van der Waals surface area contributed by atoms with E-state index in [1.165, 1.54) is 38.2 Å². The average Bonchev–Trinajstić information content (AvgIpc) is 3.54. The monoisotopic (exact) mass is 404 g/mol. The molecule has 1 aliphatic carbocycles. The number of nitrogens with one attached hydrogen (secondary N) is 1. The van der Waals surface area contributed by atoms with E-state index in [9.17, 15) is 13.6 Å². The minimum atomic E-state index is -3.00. The van der Waals surface area contributed by atoms with Gasteiger partial charge in [-0.15, -0.1) is 0 Å². The van der Waals surface area contributed by atoms with Crippen LogP contribution in [0.4, 0.5) is 8.78 Å². The maximum atomic E-state index is 12.6. The van der Waals surface area contributed by atoms with E-state index >= 15 is 0 Å². The summed E-state index contributed by atoms with van der Waals surface area (Å²) in [7, 11) is 1.35. The predicted molar refractivity (Wildman–Crippen MR) is 103 cm³/mol. The summed E-state index contributed by atoms with van der Waals surface area (Å²) in [5.41, 5.74) is 1.12. The van der Waals surface area contributed by atoms with Crippen molar-refractivity contribution < 1.29 is 27.8 Å². The van der Waals surface area contributed by atoms with Crippen molar-refractivity contribution in [3.8, 4) is 17.4 Å². The van der Waals surface area contributed by atoms with Gasteiger partial charge in [0.25, 0.3) is 0 Å². The summed E-state index contributed by atoms with van der Waals surface area (Å²) < 4.78 is 40.4. The molecule has 1 fully saturated rings. The zero-order valence-corrected chi connectivity index (χ0v) is 15.9. The van der Waals surface area contributed by atoms with E-state index in [0.717, 1.165) is 5.56 Å². The number of alkyl halides is 2. The van der Waals surface area contributed by atoms with E-state index in [1.807, 2.05) is 6.07 Å². The second-order valence-corrected chi connectivity index (χ2v) is 6.57. The number of para-hydroxylation sites is 1. The van der Waals surface area contributed by atoms with Crippen LogP contribution in [0.5, 0.6) is 17.4 Å². The van der Waals surface area contributed by atoms with Crippen LogP contribution in [0.25, 0.3) is 6.08 Å². The molecule has 3 rings (SSSR count). The third-order valence-electron chi connectivity index (χ3n) is 4.28. The fourth-order valence-corrected chi connectivity index (χ4v) is 2.54. The predicted octanol–water partition coefficient (Wildman–Crippen LogP) is 3.81. The van der Waals surface area contributed by atoms with Crippen LogP contribution < -0.4 is 19.5 Å². The van der Waals surface area contributed by atoms with E-state index in [2.05, 4.69) is 15.0 Å². The first-order valence-corrected chi connectivity index (χ1v) is 9.20. The van der Waals surface area contributed by atoms with Gasteiger partial charge in [0.15, 0.2) is 11.5 Å². The number of methoxy groups -OCH3 is 1. The van der Waals surface area contributed by atoms with Gasteiger partial charge in [-0.25, -0.2) is 4.98 Å². The summed E-state index contributed by atoms with van der Waals surface area (Å²) >= 11 is 0. The van der Waals surface area contributed by atoms with Crippen molar-refractivity contribution in [1.82, 2.24) is 10.3 Å². The molecule has 2 aromatic rings. The number of ether oxygens (including phenoxy) is 3. The van der Waals surface area contributed by atoms with E-state index in [1.54, 1.807) is 24.4 Å². The number of pyridine rings is 1. The standard InChI is InChI=1S/C21H22F2N2O4/c1-27-17-4-2-3-16(20(17)29-21(22)23)8-9-18(26)24-11-15-7-10-19(25-12-15)28-13-14-5-6-14/h2-4,7-10,12,14,21H,5-6,11,13H2,1H3,(H,24,26)/b9-8+. The van der Waals surface area contributed by atoms with Gasteiger partial charge in [0.05, 0.1) is 13.7 Å². The molecule has 0 aliphatic heterocycles. The molecule has 6 nitrogen and oxygen atoms in total. The minimum absolute atomic E-state index is 0.125. The Morgan fingerprint density at radius 3 is 2.79 bits per heavy atom. The van der Waals surface area contributed by atoms with Crippen LogP contribution in [0.1, 0.15) is 24.0 Å². The number of aromatic nitrogens is 1. The Bertz CT molecular complexity index is 852. The minimum Gasteiger partial charge on any atom is -0.493 e. The van der Waals surface area contributed by atoms with Crippen molar-refractivity contribution in [3.63, 3.8) is 0 Å². The summed E-state index contributed by atoms with van der Waals surface area (Å²) in [6.45, 7) is -2.04. The van der Waals surface area contributed by atoms with Crippen LogP contribution in [0.3, 0.4) is 0 Å². The first kappa shape index (κ1) is 20.6. The van der Waals surface area contributed by atoms with Crippen molar-refractivity contribution in [1.29, 1.82) is 0 Å². The van der Waals surface area contributed by atoms with E-state index in [-0.39, 0.29) is 24.0 Å². The van der Waals surface area contributed by atoms with Crippen molar-refractivity contribution in [2.75, 3.05) is 13.7 Å². The normalized spacial score (nSPS) is 13.5. The Labute approximate surface area is 167 Å². The topological polar surface area (TPSA) is 69.7 Å². The Balaban J connectivity index is 1.54. The Morgan fingerprint density at radius 1 is 1.31 bits per heavy atom. The van der Waals surface area contributed by atoms with E-state index in [4.69, 9.17) is 9.47 Å². The molecule has 1 amide bonds. The third kappa shape index (κ3) is 6.44. The van der Waals surface area contributed by atoms with Crippen LogP contribution in [-0.4, -0.2) is 31.2 Å². The summed E-state index contributed by atoms with van der Waals surface area (Å²) in [5, 5.41) is 2.71. The molecule has 0 bridgehead atoms. The molecule has 8 heteroatoms. The molecular weight excluding hydrogens is 382 g/mol. The SMILES string of the molecule is COc1cccc(/C=C/C(=O)NCc2ccc(OCC3CC3)nc2)c1OC(F)F. The Morgan fingerprint density at radius 2 is 2.14 bits per heavy atom. The summed E-state index contributed by atoms with van der Waals surface area (Å²) in [6, 6.07) is 8.27. The highest BCUT2D eigenvalue weighted by molar-refractivity contribution is 5.92. The molecule has 1 N–H and O–H groups in total. The highest BCUT2D eigenvalue weighted by Crippen LogP contribution is 2.33. The lowest BCUT2D eigenvalue weighted by atomic mass is 10.1. The lowest BCUT2D eigenvalue weighted by molar-refractivity contribution is -0.116. The number of rotatable bonds is 10. The van der Waals surface area contributed by atoms with Crippen LogP contribution >= 0.6 is 0 Å². The largest absolute Gasteiger partial charge is 0.493 e. The molecule has 0 spiro atoms. The molecule has 1 aliphatic rings. The molecular formula is C21H22F2N2O4. The van der Waals surface area contributed by atoms with Gasteiger partial charge in [-0.05, 0) is 36.5 Å². The van der Waals surface area contributed by atoms with Crippen LogP contribution in [0, 0.1) is 5.92 Å². The number of hydrogen-bond donors (Lipinski definition) is 1. The van der Waals surface area contributed by atoms with Crippen molar-refractivity contribution >= 4 is 12.0 Å². The first-order valence-electron chi connectivity index (χ1n) is 9.20. The van der Waals surface area contributed by atoms with Crippen LogP contribution in [-0.2, 0) is 11.3 Å². The fraction of sp³-hybridized carbons (Fsp3) is 0.333. The quantitative estimate of drug-likeness (QED) is 0.610. The zero-order chi connectivity index (χ0) is 20.6. The number of hydrogen-bond acceptors (Lipinski definition) is 5. The highest BCUT2D eigenvalue weighted by atomic mass is 19.3. The third-order valence-corrected chi connectivity index (χ3v) is 4.28. The van der Waals surface area contributed by atoms with Crippen molar-refractivity contribution in [2.45, 2.75) is 26.0 Å². The molecule has 154 valence electrons. The lowest BCUT2D eigenvalue weighted by Gasteiger charge is -2.12. The molecule has 1 heterocycles. The Hall–Kier alpha value is -3.16. The van der Waals surface area contributed by atoms with Gasteiger partial charge in [0.2, 0.25) is 11.8 Å². The first-order chi connectivity index (χ1) is 14.0. The maximum Gasteiger partial charge on any atom is 0.387 e. The van der Waals surface area contributed by atoms with Crippen molar-refractivity contribution in [2.24, 2.45) is 5.92 Å². The van der Waals surface area contributed by atoms with Crippen LogP contribution in [0.15, 0.2) is 42.6 Å². The van der Waals surface area contributed by atoms with Gasteiger partial charge < -0.3 is 19.5 Å². The van der Waals surface area contributed by atoms with Gasteiger partial charge >= 0.3 is 6.61 Å². The number of amides is 1. The number of carbonyl (C=O) groups excluding carboxylic acids is 1. The number of benzene rings is 1. The highest BCUT2D eigenvalue weighted by Gasteiger charge is 2.22. The van der Waals surface area contributed by atoms with Gasteiger partial charge in [0.1, 0.15) is 0 Å². The zero-order valence-electron chi connectivity index (χ0n) is 15.9. The van der Waals surface area contributed by atoms with Gasteiger partial charge in [-0.1, -0.05) is 18.2 Å². The molecule has 0 atom stereocenters. The van der Waals surface area contributed by atoms with Crippen LogP contribution in [0.2, 0.25) is 0 Å². The van der Waals surface area contributed by atoms with E-state index < -0.39 is 6.61 Å². The molecule has 0 saturated heterocycles. The maximum absolute atomic E-state index is 12.6. The Kier molecular flexibility index (Phi) is 6.99. The smallest absolute Gasteiger partial charge is 0.387 e. The summed E-state index contributed by atoms with van der Waals surface area (Å²) in [5.74, 6) is 0.864. The lowest BCUT2D eigenvalue weighted by Crippen LogP contribution is -2.20. The second-order valence-electron chi connectivity index (χ2n) is 6.57.